The van der Waals surface area contributed by atoms with Crippen molar-refractivity contribution in [2.24, 2.45) is 10.8 Å². The molecule has 8 aromatic carbocycles. The second-order valence-electron chi connectivity index (χ2n) is 26.7. The van der Waals surface area contributed by atoms with Crippen LogP contribution in [-0.2, 0) is 25.2 Å². The van der Waals surface area contributed by atoms with Gasteiger partial charge in [-0.05, 0) is 105 Å². The molecule has 460 valence electrons. The molecule has 0 saturated carbocycles. The molecular weight excluding hydrogens is 1200 g/mol. The summed E-state index contributed by atoms with van der Waals surface area (Å²) in [5.41, 5.74) is 1.33. The van der Waals surface area contributed by atoms with Gasteiger partial charge in [0.1, 0.15) is 34.7 Å². The topological polar surface area (TPSA) is 114 Å². The van der Waals surface area contributed by atoms with E-state index in [1.54, 1.807) is 48.5 Å². The van der Waals surface area contributed by atoms with E-state index in [1.165, 1.54) is 12.1 Å². The van der Waals surface area contributed by atoms with Gasteiger partial charge in [-0.2, -0.15) is 0 Å². The average Bonchev–Trinajstić information content (AvgIpc) is 1.53. The van der Waals surface area contributed by atoms with E-state index >= 15 is 18.4 Å². The number of ether oxygens (including phenoxy) is 1. The van der Waals surface area contributed by atoms with Crippen molar-refractivity contribution in [2.45, 2.75) is 126 Å². The van der Waals surface area contributed by atoms with Crippen molar-refractivity contribution in [3.63, 3.8) is 0 Å². The number of rotatable bonds is 16. The average molecular weight is 1280 g/mol. The minimum Gasteiger partial charge on any atom is -0.395 e. The van der Waals surface area contributed by atoms with Gasteiger partial charge in [0.15, 0.2) is 0 Å². The van der Waals surface area contributed by atoms with Crippen LogP contribution in [0, 0.1) is 22.5 Å². The molecule has 15 heteroatoms. The summed E-state index contributed by atoms with van der Waals surface area (Å²) in [7, 11) is 0. The number of aliphatic hydroxyl groups excluding tert-OH is 2. The monoisotopic (exact) mass is 1270 g/mol. The molecule has 4 heterocycles. The number of carbonyl (C=O) groups excluding carboxylic acids is 2. The van der Waals surface area contributed by atoms with Crippen LogP contribution in [0.3, 0.4) is 0 Å². The van der Waals surface area contributed by atoms with Crippen molar-refractivity contribution in [2.75, 3.05) is 23.8 Å². The largest absolute Gasteiger partial charge is 0.395 e. The third-order valence-electron chi connectivity index (χ3n) is 19.1. The number of amides is 2. The minimum atomic E-state index is -1.59. The number of halogens is 6. The molecule has 4 aliphatic rings. The van der Waals surface area contributed by atoms with Crippen molar-refractivity contribution in [3.05, 3.63) is 270 Å². The Morgan fingerprint density at radius 3 is 1.15 bits per heavy atom. The summed E-state index contributed by atoms with van der Waals surface area (Å²) in [6, 6.07) is 54.5. The highest BCUT2D eigenvalue weighted by molar-refractivity contribution is 6.32. The zero-order valence-corrected chi connectivity index (χ0v) is 53.4. The summed E-state index contributed by atoms with van der Waals surface area (Å²) in [6.07, 6.45) is -1.33. The summed E-state index contributed by atoms with van der Waals surface area (Å²) < 4.78 is 43.6. The standard InChI is InChI=1S/C74H72Cl4F2N4O5/c1-71(2,3)39-59-73(51-35-33-47(75)37-55(51)81-69(73)87)61(49-29-19-31-53(77)63(49)79)57(41-85)83(59)65(43-21-11-7-12-22-43)67(45-25-15-9-16-26-45)89-68(46-27-17-10-18-28-46)66(44-23-13-8-14-24-44)84-58(42-86)62(50-30-20-32-54(78)64(50)80)74(60(84)40-72(4,5)6)52-36-34-48(76)38-56(52)82-70(74)88/h7-38,57-62,65-68,85-86H,39-42H2,1-6H3,(H,81,87)(H,82,88). The Balaban J connectivity index is 1.16. The first kappa shape index (κ1) is 62.7. The number of carbonyl (C=O) groups is 2. The summed E-state index contributed by atoms with van der Waals surface area (Å²) in [4.78, 5) is 36.6. The molecule has 0 radical (unpaired) electrons. The predicted molar refractivity (Wildman–Crippen MR) is 351 cm³/mol. The maximum absolute atomic E-state index is 17.6. The number of fused-ring (bicyclic) bond motifs is 4. The minimum absolute atomic E-state index is 0.130. The lowest BCUT2D eigenvalue weighted by Crippen LogP contribution is -2.53. The number of aliphatic hydroxyl groups is 2. The van der Waals surface area contributed by atoms with E-state index in [0.29, 0.717) is 45.4 Å². The molecule has 0 bridgehead atoms. The second-order valence-corrected chi connectivity index (χ2v) is 28.4. The van der Waals surface area contributed by atoms with Crippen molar-refractivity contribution in [1.29, 1.82) is 0 Å². The molecule has 4 aliphatic heterocycles. The van der Waals surface area contributed by atoms with Crippen LogP contribution >= 0.6 is 46.4 Å². The molecule has 2 saturated heterocycles. The third-order valence-corrected chi connectivity index (χ3v) is 20.1. The zero-order valence-electron chi connectivity index (χ0n) is 50.4. The van der Waals surface area contributed by atoms with Gasteiger partial charge >= 0.3 is 0 Å². The molecule has 2 fully saturated rings. The maximum atomic E-state index is 17.6. The van der Waals surface area contributed by atoms with Gasteiger partial charge in [0, 0.05) is 57.4 Å². The van der Waals surface area contributed by atoms with Crippen molar-refractivity contribution >= 4 is 69.6 Å². The van der Waals surface area contributed by atoms with Gasteiger partial charge in [0.2, 0.25) is 11.8 Å². The Kier molecular flexibility index (Phi) is 17.3. The molecule has 2 amide bonds. The van der Waals surface area contributed by atoms with Crippen LogP contribution in [0.25, 0.3) is 0 Å². The molecule has 12 rings (SSSR count). The fourth-order valence-corrected chi connectivity index (χ4v) is 16.7. The fourth-order valence-electron chi connectivity index (χ4n) is 16.0. The molecule has 2 spiro atoms. The zero-order chi connectivity index (χ0) is 62.9. The van der Waals surface area contributed by atoms with Gasteiger partial charge in [-0.15, -0.1) is 0 Å². The van der Waals surface area contributed by atoms with Crippen LogP contribution in [0.2, 0.25) is 20.1 Å². The number of likely N-dealkylation sites (tertiary alicyclic amines) is 2. The van der Waals surface area contributed by atoms with E-state index in [0.717, 1.165) is 22.3 Å². The maximum Gasteiger partial charge on any atom is 0.237 e. The first-order valence-corrected chi connectivity index (χ1v) is 31.9. The Bertz CT molecular complexity index is 3660. The number of benzene rings is 8. The summed E-state index contributed by atoms with van der Waals surface area (Å²) in [5.74, 6) is -4.27. The molecule has 12 atom stereocenters. The number of nitrogens with one attached hydrogen (secondary N) is 2. The normalized spacial score (nSPS) is 24.8. The van der Waals surface area contributed by atoms with E-state index in [1.807, 2.05) is 133 Å². The lowest BCUT2D eigenvalue weighted by atomic mass is 9.62. The Morgan fingerprint density at radius 2 is 0.820 bits per heavy atom. The van der Waals surface area contributed by atoms with E-state index < -0.39 is 107 Å². The SMILES string of the molecule is CC(C)(C)CC1N(C(c2ccccc2)C(OC(c2ccccc2)C(c2ccccc2)N2C(CO)C(c3cccc(Cl)c3F)C3(C(=O)Nc4cc(Cl)ccc43)C2CC(C)(C)C)c2ccccc2)C(CO)C(c2cccc(Cl)c2F)C12C(=O)Nc1cc(Cl)ccc12. The van der Waals surface area contributed by atoms with Gasteiger partial charge in [0.25, 0.3) is 0 Å². The third kappa shape index (κ3) is 10.9. The molecular formula is C74H72Cl4F2N4O5. The quantitative estimate of drug-likeness (QED) is 0.0762. The van der Waals surface area contributed by atoms with E-state index in [4.69, 9.17) is 51.1 Å². The molecule has 4 N–H and O–H groups in total. The molecule has 8 aromatic rings. The molecule has 0 aliphatic carbocycles. The number of hydrogen-bond donors (Lipinski definition) is 4. The fraction of sp³-hybridized carbons (Fsp3) is 0.324. The van der Waals surface area contributed by atoms with E-state index in [-0.39, 0.29) is 33.0 Å². The van der Waals surface area contributed by atoms with Crippen molar-refractivity contribution < 1.29 is 33.3 Å². The summed E-state index contributed by atoms with van der Waals surface area (Å²) in [5, 5.41) is 32.2. The number of nitrogens with zero attached hydrogens (tertiary/aromatic N) is 2. The predicted octanol–water partition coefficient (Wildman–Crippen LogP) is 17.2. The van der Waals surface area contributed by atoms with Gasteiger partial charge in [-0.1, -0.05) is 246 Å². The van der Waals surface area contributed by atoms with E-state index in [2.05, 4.69) is 62.0 Å². The summed E-state index contributed by atoms with van der Waals surface area (Å²) >= 11 is 27.1. The lowest BCUT2D eigenvalue weighted by molar-refractivity contribution is -0.130. The highest BCUT2D eigenvalue weighted by Crippen LogP contribution is 2.66. The van der Waals surface area contributed by atoms with Gasteiger partial charge in [0.05, 0.1) is 35.3 Å². The van der Waals surface area contributed by atoms with Crippen LogP contribution < -0.4 is 10.6 Å². The highest BCUT2D eigenvalue weighted by Gasteiger charge is 2.71. The van der Waals surface area contributed by atoms with Gasteiger partial charge in [-0.25, -0.2) is 8.78 Å². The van der Waals surface area contributed by atoms with Crippen molar-refractivity contribution in [1.82, 2.24) is 9.80 Å². The van der Waals surface area contributed by atoms with Crippen LogP contribution in [0.4, 0.5) is 20.2 Å². The number of hydrogen-bond acceptors (Lipinski definition) is 7. The highest BCUT2D eigenvalue weighted by atomic mass is 35.5. The molecule has 89 heavy (non-hydrogen) atoms. The van der Waals surface area contributed by atoms with Gasteiger partial charge in [-0.3, -0.25) is 19.4 Å². The first-order chi connectivity index (χ1) is 42.6. The Labute approximate surface area is 539 Å². The smallest absolute Gasteiger partial charge is 0.237 e. The molecule has 12 unspecified atom stereocenters. The molecule has 0 aromatic heterocycles. The van der Waals surface area contributed by atoms with Crippen LogP contribution in [0.5, 0.6) is 0 Å². The Hall–Kier alpha value is -6.48. The van der Waals surface area contributed by atoms with Crippen molar-refractivity contribution in [3.8, 4) is 0 Å². The first-order valence-electron chi connectivity index (χ1n) is 30.4. The lowest BCUT2D eigenvalue weighted by Gasteiger charge is -2.48. The molecule has 9 nitrogen and oxygen atoms in total. The summed E-state index contributed by atoms with van der Waals surface area (Å²) in [6.45, 7) is 11.6. The van der Waals surface area contributed by atoms with E-state index in [9.17, 15) is 10.2 Å². The number of anilines is 2. The van der Waals surface area contributed by atoms with Crippen LogP contribution in [0.15, 0.2) is 194 Å². The Morgan fingerprint density at radius 1 is 0.483 bits per heavy atom. The van der Waals surface area contributed by atoms with Crippen LogP contribution in [0.1, 0.15) is 135 Å². The van der Waals surface area contributed by atoms with Crippen LogP contribution in [-0.4, -0.2) is 69.2 Å². The van der Waals surface area contributed by atoms with Gasteiger partial charge < -0.3 is 25.6 Å². The second kappa shape index (κ2) is 24.6.